The molecule has 1 fully saturated rings. The molecule has 2 heterocycles. The van der Waals surface area contributed by atoms with E-state index in [9.17, 15) is 15.0 Å². The van der Waals surface area contributed by atoms with E-state index in [0.717, 1.165) is 4.90 Å². The molecule has 0 saturated carbocycles. The van der Waals surface area contributed by atoms with Gasteiger partial charge in [0.2, 0.25) is 0 Å². The summed E-state index contributed by atoms with van der Waals surface area (Å²) in [5.74, 6) is 0. The molecule has 5 N–H and O–H groups in total. The molecule has 0 aromatic carbocycles. The van der Waals surface area contributed by atoms with Gasteiger partial charge in [-0.15, -0.1) is 0 Å². The molecule has 0 spiro atoms. The fraction of sp³-hybridized carbons (Fsp3) is 0.700. The Hall–Kier alpha value is -1.19. The minimum Gasteiger partial charge on any atom is -0.394 e. The number of nitrogens with zero attached hydrogens (tertiary/aromatic N) is 2. The maximum Gasteiger partial charge on any atom is 0.327 e. The van der Waals surface area contributed by atoms with Crippen molar-refractivity contribution in [2.75, 3.05) is 13.7 Å². The third-order valence-electron chi connectivity index (χ3n) is 3.20. The molecule has 2 aliphatic rings. The number of likely N-dealkylation sites (N-methyl/N-ethyl adjacent to an activating group) is 1. The van der Waals surface area contributed by atoms with Crippen molar-refractivity contribution in [3.05, 3.63) is 12.3 Å². The van der Waals surface area contributed by atoms with E-state index >= 15 is 0 Å². The highest BCUT2D eigenvalue weighted by molar-refractivity contribution is 5.77. The van der Waals surface area contributed by atoms with Crippen molar-refractivity contribution < 1.29 is 24.9 Å². The largest absolute Gasteiger partial charge is 0.394 e. The van der Waals surface area contributed by atoms with Crippen molar-refractivity contribution in [3.63, 3.8) is 0 Å². The van der Waals surface area contributed by atoms with Crippen molar-refractivity contribution >= 4 is 6.03 Å². The van der Waals surface area contributed by atoms with E-state index in [1.54, 1.807) is 6.08 Å². The van der Waals surface area contributed by atoms with Crippen LogP contribution in [0.3, 0.4) is 0 Å². The third-order valence-corrected chi connectivity index (χ3v) is 3.20. The lowest BCUT2D eigenvalue weighted by atomic mass is 10.1. The molecule has 0 aromatic rings. The predicted molar refractivity (Wildman–Crippen MR) is 59.9 cm³/mol. The quantitative estimate of drug-likeness (QED) is 0.438. The van der Waals surface area contributed by atoms with Gasteiger partial charge in [0.15, 0.2) is 6.23 Å². The van der Waals surface area contributed by atoms with Crippen LogP contribution in [0.4, 0.5) is 4.79 Å². The van der Waals surface area contributed by atoms with Gasteiger partial charge in [-0.05, 0) is 6.08 Å². The van der Waals surface area contributed by atoms with Crippen molar-refractivity contribution in [1.82, 2.24) is 9.80 Å². The number of aliphatic hydroxyl groups excluding tert-OH is 3. The topological polar surface area (TPSA) is 119 Å². The molecule has 1 saturated heterocycles. The van der Waals surface area contributed by atoms with Gasteiger partial charge in [0.05, 0.1) is 6.61 Å². The normalized spacial score (nSPS) is 40.7. The summed E-state index contributed by atoms with van der Waals surface area (Å²) in [7, 11) is 1.52. The highest BCUT2D eigenvalue weighted by Crippen LogP contribution is 2.26. The molecule has 0 radical (unpaired) electrons. The first kappa shape index (κ1) is 13.2. The lowest BCUT2D eigenvalue weighted by Crippen LogP contribution is -2.55. The molecule has 102 valence electrons. The summed E-state index contributed by atoms with van der Waals surface area (Å²) in [4.78, 5) is 14.4. The molecule has 0 bridgehead atoms. The van der Waals surface area contributed by atoms with Crippen LogP contribution in [0.25, 0.3) is 0 Å². The van der Waals surface area contributed by atoms with E-state index in [1.807, 2.05) is 0 Å². The van der Waals surface area contributed by atoms with Gasteiger partial charge < -0.3 is 30.7 Å². The predicted octanol–water partition coefficient (Wildman–Crippen LogP) is -2.41. The molecule has 18 heavy (non-hydrogen) atoms. The fourth-order valence-electron chi connectivity index (χ4n) is 1.99. The van der Waals surface area contributed by atoms with E-state index in [-0.39, 0.29) is 0 Å². The van der Waals surface area contributed by atoms with Crippen LogP contribution in [-0.4, -0.2) is 75.5 Å². The summed E-state index contributed by atoms with van der Waals surface area (Å²) in [6.07, 6.45) is -2.02. The van der Waals surface area contributed by atoms with E-state index in [0.29, 0.717) is 0 Å². The Kier molecular flexibility index (Phi) is 3.55. The summed E-state index contributed by atoms with van der Waals surface area (Å²) < 4.78 is 5.26. The second-order valence-electron chi connectivity index (χ2n) is 4.36. The van der Waals surface area contributed by atoms with E-state index < -0.39 is 43.3 Å². The summed E-state index contributed by atoms with van der Waals surface area (Å²) in [6, 6.07) is -0.445. The van der Waals surface area contributed by atoms with Gasteiger partial charge in [0.1, 0.15) is 24.5 Å². The van der Waals surface area contributed by atoms with Crippen LogP contribution in [0.5, 0.6) is 0 Å². The van der Waals surface area contributed by atoms with Gasteiger partial charge in [-0.2, -0.15) is 0 Å². The molecule has 5 unspecified atom stereocenters. The van der Waals surface area contributed by atoms with Crippen molar-refractivity contribution in [1.29, 1.82) is 0 Å². The molecule has 2 amide bonds. The molecular weight excluding hydrogens is 242 g/mol. The number of hydrogen-bond donors (Lipinski definition) is 4. The van der Waals surface area contributed by atoms with Gasteiger partial charge in [-0.1, -0.05) is 0 Å². The second-order valence-corrected chi connectivity index (χ2v) is 4.36. The van der Waals surface area contributed by atoms with E-state index in [4.69, 9.17) is 15.6 Å². The first-order valence-corrected chi connectivity index (χ1v) is 5.59. The standard InChI is InChI=1S/C10H17N3O5/c1-12-6(11)2-3-13(10(12)17)9-8(16)7(15)5(4-14)18-9/h2-3,5-9,14-16H,4,11H2,1H3. The van der Waals surface area contributed by atoms with Crippen molar-refractivity contribution in [2.24, 2.45) is 5.73 Å². The second kappa shape index (κ2) is 4.82. The van der Waals surface area contributed by atoms with Crippen LogP contribution < -0.4 is 5.73 Å². The zero-order valence-corrected chi connectivity index (χ0v) is 9.88. The average molecular weight is 259 g/mol. The van der Waals surface area contributed by atoms with Gasteiger partial charge in [0.25, 0.3) is 0 Å². The molecule has 0 aromatic heterocycles. The maximum atomic E-state index is 12.0. The number of amides is 2. The summed E-state index contributed by atoms with van der Waals surface area (Å²) in [5.41, 5.74) is 5.64. The molecule has 0 aliphatic carbocycles. The highest BCUT2D eigenvalue weighted by atomic mass is 16.6. The number of rotatable bonds is 2. The Labute approximate surface area is 104 Å². The minimum absolute atomic E-state index is 0.435. The van der Waals surface area contributed by atoms with Crippen molar-refractivity contribution in [3.8, 4) is 0 Å². The van der Waals surface area contributed by atoms with Crippen LogP contribution in [0.15, 0.2) is 12.3 Å². The van der Waals surface area contributed by atoms with Gasteiger partial charge in [-0.25, -0.2) is 4.79 Å². The van der Waals surface area contributed by atoms with Gasteiger partial charge in [0, 0.05) is 13.2 Å². The fourth-order valence-corrected chi connectivity index (χ4v) is 1.99. The molecule has 5 atom stereocenters. The summed E-state index contributed by atoms with van der Waals surface area (Å²) in [5, 5.41) is 28.4. The smallest absolute Gasteiger partial charge is 0.327 e. The van der Waals surface area contributed by atoms with Crippen LogP contribution in [0, 0.1) is 0 Å². The molecule has 8 heteroatoms. The summed E-state index contributed by atoms with van der Waals surface area (Å²) >= 11 is 0. The monoisotopic (exact) mass is 259 g/mol. The van der Waals surface area contributed by atoms with Crippen LogP contribution in [-0.2, 0) is 4.74 Å². The third kappa shape index (κ3) is 1.98. The van der Waals surface area contributed by atoms with Gasteiger partial charge >= 0.3 is 6.03 Å². The van der Waals surface area contributed by atoms with E-state index in [2.05, 4.69) is 0 Å². The lowest BCUT2D eigenvalue weighted by Gasteiger charge is -2.36. The first-order valence-electron chi connectivity index (χ1n) is 5.59. The zero-order valence-electron chi connectivity index (χ0n) is 9.88. The van der Waals surface area contributed by atoms with Crippen molar-refractivity contribution in [2.45, 2.75) is 30.7 Å². The number of aliphatic hydroxyl groups is 3. The first-order chi connectivity index (χ1) is 8.47. The minimum atomic E-state index is -1.28. The maximum absolute atomic E-state index is 12.0. The number of hydrogen-bond acceptors (Lipinski definition) is 6. The average Bonchev–Trinajstić information content (AvgIpc) is 2.64. The number of nitrogens with two attached hydrogens (primary N) is 1. The SMILES string of the molecule is CN1C(=O)N(C2OC(CO)C(O)C2O)C=CC1N. The number of urea groups is 1. The Morgan fingerprint density at radius 3 is 2.67 bits per heavy atom. The molecule has 8 nitrogen and oxygen atoms in total. The van der Waals surface area contributed by atoms with E-state index in [1.165, 1.54) is 18.1 Å². The van der Waals surface area contributed by atoms with Crippen LogP contribution in [0.2, 0.25) is 0 Å². The Morgan fingerprint density at radius 2 is 2.11 bits per heavy atom. The Balaban J connectivity index is 2.18. The molecular formula is C10H17N3O5. The van der Waals surface area contributed by atoms with Crippen LogP contribution in [0.1, 0.15) is 0 Å². The van der Waals surface area contributed by atoms with Crippen LogP contribution >= 0.6 is 0 Å². The number of carbonyl (C=O) groups excluding carboxylic acids is 1. The molecule has 2 aliphatic heterocycles. The summed E-state index contributed by atoms with van der Waals surface area (Å²) in [6.45, 7) is -0.435. The number of carbonyl (C=O) groups is 1. The zero-order chi connectivity index (χ0) is 13.4. The number of ether oxygens (including phenoxy) is 1. The highest BCUT2D eigenvalue weighted by Gasteiger charge is 2.47. The molecule has 2 rings (SSSR count). The Bertz CT molecular complexity index is 363. The lowest BCUT2D eigenvalue weighted by molar-refractivity contribution is -0.0704. The van der Waals surface area contributed by atoms with Gasteiger partial charge in [-0.3, -0.25) is 4.90 Å². The Morgan fingerprint density at radius 1 is 1.44 bits per heavy atom.